The number of halogens is 1. The van der Waals surface area contributed by atoms with Gasteiger partial charge in [0.05, 0.1) is 0 Å². The van der Waals surface area contributed by atoms with Gasteiger partial charge in [-0.3, -0.25) is 0 Å². The van der Waals surface area contributed by atoms with E-state index in [9.17, 15) is 4.39 Å². The van der Waals surface area contributed by atoms with Crippen LogP contribution in [0.3, 0.4) is 0 Å². The summed E-state index contributed by atoms with van der Waals surface area (Å²) in [5, 5.41) is 18.9. The van der Waals surface area contributed by atoms with Gasteiger partial charge < -0.3 is 10.3 Å². The van der Waals surface area contributed by atoms with Crippen LogP contribution < -0.4 is 0 Å². The summed E-state index contributed by atoms with van der Waals surface area (Å²) in [6, 6.07) is 2.56. The molecule has 0 fully saturated rings. The average Bonchev–Trinajstić information content (AvgIpc) is 1.99. The number of nitrogens with zero attached hydrogens (tertiary/aromatic N) is 1. The maximum atomic E-state index is 12.9. The van der Waals surface area contributed by atoms with Crippen molar-refractivity contribution < 1.29 is 14.7 Å². The Kier molecular flexibility index (Phi) is 2.85. The Labute approximate surface area is 76.0 Å². The molecule has 0 amide bonds. The van der Waals surface area contributed by atoms with Gasteiger partial charge >= 0.3 is 0 Å². The zero-order chi connectivity index (χ0) is 10.0. The minimum absolute atomic E-state index is 0.239. The lowest BCUT2D eigenvalue weighted by atomic mass is 10.1. The zero-order valence-corrected chi connectivity index (χ0v) is 7.58. The summed E-state index contributed by atoms with van der Waals surface area (Å²) in [7, 11) is 1.48. The van der Waals surface area contributed by atoms with Crippen LogP contribution >= 0.6 is 0 Å². The van der Waals surface area contributed by atoms with Gasteiger partial charge in [0.1, 0.15) is 0 Å². The van der Waals surface area contributed by atoms with Crippen LogP contribution in [0.2, 0.25) is 0 Å². The maximum Gasteiger partial charge on any atom is 0.165 e. The molecule has 0 spiro atoms. The number of aromatic hydroxyl groups is 1. The molecule has 1 aromatic rings. The number of rotatable bonds is 2. The van der Waals surface area contributed by atoms with Crippen molar-refractivity contribution in [2.45, 2.75) is 13.5 Å². The second-order valence-corrected chi connectivity index (χ2v) is 3.05. The first-order valence-electron chi connectivity index (χ1n) is 3.88. The molecule has 0 aliphatic carbocycles. The van der Waals surface area contributed by atoms with E-state index in [1.165, 1.54) is 19.2 Å². The molecule has 0 radical (unpaired) electrons. The van der Waals surface area contributed by atoms with Gasteiger partial charge in [-0.05, 0) is 30.2 Å². The van der Waals surface area contributed by atoms with Crippen molar-refractivity contribution >= 4 is 0 Å². The summed E-state index contributed by atoms with van der Waals surface area (Å²) in [5.74, 6) is -1.02. The molecule has 0 saturated carbocycles. The molecule has 0 bridgehead atoms. The molecule has 1 rings (SSSR count). The highest BCUT2D eigenvalue weighted by atomic mass is 19.1. The fourth-order valence-corrected chi connectivity index (χ4v) is 1.12. The van der Waals surface area contributed by atoms with Crippen LogP contribution in [0.1, 0.15) is 11.1 Å². The lowest BCUT2D eigenvalue weighted by molar-refractivity contribution is -0.0733. The average molecular weight is 185 g/mol. The lowest BCUT2D eigenvalue weighted by Crippen LogP contribution is -2.12. The minimum atomic E-state index is -0.664. The molecule has 0 aromatic heterocycles. The first-order chi connectivity index (χ1) is 6.00. The molecule has 72 valence electrons. The van der Waals surface area contributed by atoms with Gasteiger partial charge in [-0.2, -0.15) is 5.06 Å². The Hall–Kier alpha value is -1.13. The fourth-order valence-electron chi connectivity index (χ4n) is 1.12. The first-order valence-corrected chi connectivity index (χ1v) is 3.88. The van der Waals surface area contributed by atoms with Crippen molar-refractivity contribution in [1.82, 2.24) is 5.06 Å². The predicted molar refractivity (Wildman–Crippen MR) is 46.1 cm³/mol. The van der Waals surface area contributed by atoms with E-state index in [1.807, 2.05) is 0 Å². The van der Waals surface area contributed by atoms with Crippen LogP contribution in [0, 0.1) is 12.7 Å². The van der Waals surface area contributed by atoms with Gasteiger partial charge in [-0.1, -0.05) is 0 Å². The number of hydroxylamine groups is 2. The molecule has 0 atom stereocenters. The van der Waals surface area contributed by atoms with Crippen LogP contribution in [0.25, 0.3) is 0 Å². The number of hydrogen-bond donors (Lipinski definition) is 2. The molecule has 4 heteroatoms. The van der Waals surface area contributed by atoms with Crippen molar-refractivity contribution in [3.8, 4) is 5.75 Å². The minimum Gasteiger partial charge on any atom is -0.505 e. The van der Waals surface area contributed by atoms with Gasteiger partial charge in [0, 0.05) is 13.6 Å². The lowest BCUT2D eigenvalue weighted by Gasteiger charge is -2.11. The largest absolute Gasteiger partial charge is 0.505 e. The Morgan fingerprint density at radius 2 is 2.08 bits per heavy atom. The smallest absolute Gasteiger partial charge is 0.165 e. The highest BCUT2D eigenvalue weighted by Crippen LogP contribution is 2.20. The van der Waals surface area contributed by atoms with Crippen LogP contribution in [0.4, 0.5) is 4.39 Å². The van der Waals surface area contributed by atoms with E-state index in [4.69, 9.17) is 10.3 Å². The van der Waals surface area contributed by atoms with E-state index in [0.29, 0.717) is 5.56 Å². The molecule has 13 heavy (non-hydrogen) atoms. The molecule has 0 heterocycles. The highest BCUT2D eigenvalue weighted by molar-refractivity contribution is 5.35. The van der Waals surface area contributed by atoms with Crippen molar-refractivity contribution in [1.29, 1.82) is 0 Å². The van der Waals surface area contributed by atoms with Crippen molar-refractivity contribution in [2.75, 3.05) is 7.05 Å². The zero-order valence-electron chi connectivity index (χ0n) is 7.58. The van der Waals surface area contributed by atoms with E-state index in [-0.39, 0.29) is 12.3 Å². The van der Waals surface area contributed by atoms with E-state index in [0.717, 1.165) is 10.6 Å². The van der Waals surface area contributed by atoms with Crippen LogP contribution in [0.5, 0.6) is 5.75 Å². The fraction of sp³-hybridized carbons (Fsp3) is 0.333. The van der Waals surface area contributed by atoms with Gasteiger partial charge in [0.25, 0.3) is 0 Å². The molecular weight excluding hydrogens is 173 g/mol. The van der Waals surface area contributed by atoms with Gasteiger partial charge in [-0.25, -0.2) is 4.39 Å². The van der Waals surface area contributed by atoms with E-state index in [1.54, 1.807) is 6.92 Å². The quantitative estimate of drug-likeness (QED) is 0.689. The summed E-state index contributed by atoms with van der Waals surface area (Å²) >= 11 is 0. The van der Waals surface area contributed by atoms with Crippen LogP contribution in [-0.2, 0) is 6.54 Å². The Bertz CT molecular complexity index is 313. The summed E-state index contributed by atoms with van der Waals surface area (Å²) < 4.78 is 12.9. The molecule has 3 nitrogen and oxygen atoms in total. The molecular formula is C9H12FNO2. The number of hydrogen-bond acceptors (Lipinski definition) is 3. The third-order valence-electron chi connectivity index (χ3n) is 1.80. The Morgan fingerprint density at radius 3 is 2.62 bits per heavy atom. The molecule has 2 N–H and O–H groups in total. The summed E-state index contributed by atoms with van der Waals surface area (Å²) in [4.78, 5) is 0. The molecule has 0 saturated heterocycles. The topological polar surface area (TPSA) is 43.7 Å². The van der Waals surface area contributed by atoms with E-state index < -0.39 is 5.82 Å². The summed E-state index contributed by atoms with van der Waals surface area (Å²) in [6.45, 7) is 1.99. The highest BCUT2D eigenvalue weighted by Gasteiger charge is 2.06. The van der Waals surface area contributed by atoms with E-state index in [2.05, 4.69) is 0 Å². The standard InChI is InChI=1S/C9H12FNO2/c1-6-3-9(12)8(10)4-7(6)5-11(2)13/h3-4,12-13H,5H2,1-2H3. The Morgan fingerprint density at radius 1 is 1.46 bits per heavy atom. The van der Waals surface area contributed by atoms with Crippen LogP contribution in [0.15, 0.2) is 12.1 Å². The Balaban J connectivity index is 3.01. The van der Waals surface area contributed by atoms with Crippen molar-refractivity contribution in [3.63, 3.8) is 0 Å². The third-order valence-corrected chi connectivity index (χ3v) is 1.80. The molecule has 0 unspecified atom stereocenters. The molecule has 0 aliphatic heterocycles. The monoisotopic (exact) mass is 185 g/mol. The first kappa shape index (κ1) is 9.95. The van der Waals surface area contributed by atoms with Gasteiger partial charge in [0.2, 0.25) is 0 Å². The second-order valence-electron chi connectivity index (χ2n) is 3.05. The van der Waals surface area contributed by atoms with Crippen LogP contribution in [-0.4, -0.2) is 22.4 Å². The summed E-state index contributed by atoms with van der Waals surface area (Å²) in [5.41, 5.74) is 1.40. The molecule has 0 aliphatic rings. The van der Waals surface area contributed by atoms with E-state index >= 15 is 0 Å². The van der Waals surface area contributed by atoms with Crippen molar-refractivity contribution in [3.05, 3.63) is 29.1 Å². The SMILES string of the molecule is Cc1cc(O)c(F)cc1CN(C)O. The maximum absolute atomic E-state index is 12.9. The number of phenolic OH excluding ortho intramolecular Hbond substituents is 1. The predicted octanol–water partition coefficient (Wildman–Crippen LogP) is 1.66. The van der Waals surface area contributed by atoms with Gasteiger partial charge in [-0.15, -0.1) is 0 Å². The number of phenols is 1. The molecule has 1 aromatic carbocycles. The summed E-state index contributed by atoms with van der Waals surface area (Å²) in [6.07, 6.45) is 0. The third kappa shape index (κ3) is 2.40. The van der Waals surface area contributed by atoms with Crippen molar-refractivity contribution in [2.24, 2.45) is 0 Å². The number of benzene rings is 1. The normalized spacial score (nSPS) is 10.8. The van der Waals surface area contributed by atoms with Gasteiger partial charge in [0.15, 0.2) is 11.6 Å². The second kappa shape index (κ2) is 3.72. The number of aryl methyl sites for hydroxylation is 1.